The van der Waals surface area contributed by atoms with Crippen molar-refractivity contribution in [2.75, 3.05) is 24.5 Å². The molecule has 1 aromatic rings. The van der Waals surface area contributed by atoms with Gasteiger partial charge in [0.25, 0.3) is 5.82 Å². The molecule has 0 radical (unpaired) electrons. The van der Waals surface area contributed by atoms with Gasteiger partial charge < -0.3 is 15.6 Å². The first kappa shape index (κ1) is 13.1. The molecule has 0 aliphatic rings. The summed E-state index contributed by atoms with van der Waals surface area (Å²) in [7, 11) is 0. The molecule has 2 N–H and O–H groups in total. The smallest absolute Gasteiger partial charge is 0.404 e. The van der Waals surface area contributed by atoms with Gasteiger partial charge in [0.1, 0.15) is 6.54 Å². The van der Waals surface area contributed by atoms with Gasteiger partial charge in [0.15, 0.2) is 0 Å². The fraction of sp³-hybridized carbons (Fsp3) is 0.455. The van der Waals surface area contributed by atoms with E-state index in [-0.39, 0.29) is 6.54 Å². The summed E-state index contributed by atoms with van der Waals surface area (Å²) >= 11 is 0. The number of rotatable bonds is 5. The molecule has 0 aliphatic carbocycles. The van der Waals surface area contributed by atoms with Crippen molar-refractivity contribution in [3.05, 3.63) is 29.1 Å². The fourth-order valence-electron chi connectivity index (χ4n) is 1.54. The van der Waals surface area contributed by atoms with Crippen molar-refractivity contribution in [2.45, 2.75) is 13.8 Å². The summed E-state index contributed by atoms with van der Waals surface area (Å²) in [6.45, 7) is 5.23. The lowest BCUT2D eigenvalue weighted by atomic mass is 10.3. The predicted octanol–water partition coefficient (Wildman–Crippen LogP) is 0.722. The Labute approximate surface area is 100 Å². The van der Waals surface area contributed by atoms with E-state index in [9.17, 15) is 10.0 Å². The average molecular weight is 239 g/mol. The quantitative estimate of drug-likeness (QED) is 0.586. The molecule has 1 aromatic heterocycles. The Bertz CT molecular complexity index is 396. The highest BCUT2D eigenvalue weighted by atomic mass is 16.5. The maximum atomic E-state index is 11.6. The van der Waals surface area contributed by atoms with Gasteiger partial charge in [-0.1, -0.05) is 0 Å². The van der Waals surface area contributed by atoms with Crippen LogP contribution in [0.25, 0.3) is 0 Å². The summed E-state index contributed by atoms with van der Waals surface area (Å²) in [6, 6.07) is 3.52. The van der Waals surface area contributed by atoms with Crippen LogP contribution in [0.3, 0.4) is 0 Å². The summed E-state index contributed by atoms with van der Waals surface area (Å²) in [5, 5.41) is 22.4. The fourth-order valence-corrected chi connectivity index (χ4v) is 1.54. The van der Waals surface area contributed by atoms with Gasteiger partial charge in [-0.25, -0.2) is 9.52 Å². The second-order valence-electron chi connectivity index (χ2n) is 3.70. The number of carboxylic acid groups (broad SMARTS) is 1. The van der Waals surface area contributed by atoms with Gasteiger partial charge in [-0.05, 0) is 25.5 Å². The minimum Gasteiger partial charge on any atom is -0.711 e. The number of likely N-dealkylation sites (N-methyl/N-ethyl adjacent to an activating group) is 1. The lowest BCUT2D eigenvalue weighted by Gasteiger charge is -2.19. The standard InChI is InChI=1S/C11H17N3O3/c1-3-13(7-5-12-11(15)16)10-8-9(2)4-6-14(10)17/h4,6,8,12H,3,5,7H2,1-2H3,(H,15,16). The van der Waals surface area contributed by atoms with Crippen LogP contribution in [0.2, 0.25) is 0 Å². The van der Waals surface area contributed by atoms with E-state index in [2.05, 4.69) is 5.32 Å². The largest absolute Gasteiger partial charge is 0.711 e. The molecular formula is C11H17N3O3. The molecule has 1 heterocycles. The second-order valence-corrected chi connectivity index (χ2v) is 3.70. The Hall–Kier alpha value is -1.98. The lowest BCUT2D eigenvalue weighted by molar-refractivity contribution is -0.592. The lowest BCUT2D eigenvalue weighted by Crippen LogP contribution is -2.41. The number of anilines is 1. The minimum atomic E-state index is -1.06. The summed E-state index contributed by atoms with van der Waals surface area (Å²) in [4.78, 5) is 12.2. The van der Waals surface area contributed by atoms with Crippen molar-refractivity contribution in [1.82, 2.24) is 5.32 Å². The van der Waals surface area contributed by atoms with Gasteiger partial charge in [0.05, 0.1) is 19.3 Å². The van der Waals surface area contributed by atoms with Gasteiger partial charge in [-0.15, -0.1) is 0 Å². The van der Waals surface area contributed by atoms with Gasteiger partial charge in [0, 0.05) is 6.07 Å². The maximum absolute atomic E-state index is 11.6. The highest BCUT2D eigenvalue weighted by Crippen LogP contribution is 2.09. The topological polar surface area (TPSA) is 79.5 Å². The third-order valence-corrected chi connectivity index (χ3v) is 2.42. The van der Waals surface area contributed by atoms with Crippen LogP contribution in [0.1, 0.15) is 12.5 Å². The Kier molecular flexibility index (Phi) is 4.56. The number of hydrogen-bond acceptors (Lipinski definition) is 3. The van der Waals surface area contributed by atoms with Crippen molar-refractivity contribution in [3.63, 3.8) is 0 Å². The summed E-state index contributed by atoms with van der Waals surface area (Å²) < 4.78 is 0.789. The van der Waals surface area contributed by atoms with Gasteiger partial charge in [-0.3, -0.25) is 4.90 Å². The van der Waals surface area contributed by atoms with Gasteiger partial charge in [0.2, 0.25) is 0 Å². The van der Waals surface area contributed by atoms with Crippen LogP contribution in [-0.2, 0) is 0 Å². The molecule has 0 bridgehead atoms. The van der Waals surface area contributed by atoms with Crippen LogP contribution in [0.5, 0.6) is 0 Å². The van der Waals surface area contributed by atoms with E-state index in [1.54, 1.807) is 12.1 Å². The molecule has 0 unspecified atom stereocenters. The van der Waals surface area contributed by atoms with Crippen molar-refractivity contribution in [3.8, 4) is 0 Å². The monoisotopic (exact) mass is 239 g/mol. The Morgan fingerprint density at radius 3 is 2.94 bits per heavy atom. The van der Waals surface area contributed by atoms with E-state index >= 15 is 0 Å². The number of hydrogen-bond donors (Lipinski definition) is 2. The SMILES string of the molecule is CCN(CCNC(=O)O)c1cc(C)cc[n+]1[O-]. The zero-order chi connectivity index (χ0) is 12.8. The first-order chi connectivity index (χ1) is 8.04. The molecule has 6 nitrogen and oxygen atoms in total. The molecule has 1 rings (SSSR count). The Balaban J connectivity index is 2.72. The zero-order valence-corrected chi connectivity index (χ0v) is 10.0. The molecule has 0 saturated carbocycles. The van der Waals surface area contributed by atoms with Crippen molar-refractivity contribution in [1.29, 1.82) is 0 Å². The van der Waals surface area contributed by atoms with Crippen molar-refractivity contribution >= 4 is 11.9 Å². The molecule has 0 aliphatic heterocycles. The van der Waals surface area contributed by atoms with Crippen LogP contribution >= 0.6 is 0 Å². The number of carbonyl (C=O) groups is 1. The van der Waals surface area contributed by atoms with E-state index in [0.717, 1.165) is 10.3 Å². The van der Waals surface area contributed by atoms with Crippen LogP contribution in [0, 0.1) is 12.1 Å². The normalized spacial score (nSPS) is 10.0. The van der Waals surface area contributed by atoms with E-state index in [1.807, 2.05) is 18.7 Å². The highest BCUT2D eigenvalue weighted by Gasteiger charge is 2.14. The maximum Gasteiger partial charge on any atom is 0.404 e. The highest BCUT2D eigenvalue weighted by molar-refractivity contribution is 5.64. The molecule has 0 fully saturated rings. The molecule has 0 saturated heterocycles. The number of aromatic nitrogens is 1. The van der Waals surface area contributed by atoms with Crippen LogP contribution in [0.15, 0.2) is 18.3 Å². The van der Waals surface area contributed by atoms with Crippen molar-refractivity contribution in [2.24, 2.45) is 0 Å². The number of nitrogens with zero attached hydrogens (tertiary/aromatic N) is 2. The number of aryl methyl sites for hydroxylation is 1. The van der Waals surface area contributed by atoms with Gasteiger partial charge in [-0.2, -0.15) is 0 Å². The van der Waals surface area contributed by atoms with Crippen LogP contribution in [0.4, 0.5) is 10.6 Å². The zero-order valence-electron chi connectivity index (χ0n) is 10.0. The van der Waals surface area contributed by atoms with E-state index in [4.69, 9.17) is 5.11 Å². The number of pyridine rings is 1. The third kappa shape index (κ3) is 3.82. The number of nitrogens with one attached hydrogen (secondary N) is 1. The molecule has 17 heavy (non-hydrogen) atoms. The molecule has 1 amide bonds. The molecule has 0 aromatic carbocycles. The van der Waals surface area contributed by atoms with E-state index in [0.29, 0.717) is 18.9 Å². The van der Waals surface area contributed by atoms with Crippen LogP contribution < -0.4 is 14.9 Å². The third-order valence-electron chi connectivity index (χ3n) is 2.42. The Morgan fingerprint density at radius 2 is 2.35 bits per heavy atom. The molecule has 6 heteroatoms. The average Bonchev–Trinajstić information content (AvgIpc) is 2.28. The first-order valence-corrected chi connectivity index (χ1v) is 5.46. The van der Waals surface area contributed by atoms with E-state index < -0.39 is 6.09 Å². The first-order valence-electron chi connectivity index (χ1n) is 5.46. The Morgan fingerprint density at radius 1 is 1.65 bits per heavy atom. The summed E-state index contributed by atoms with van der Waals surface area (Å²) in [5.74, 6) is 0.541. The molecule has 94 valence electrons. The molecular weight excluding hydrogens is 222 g/mol. The molecule has 0 spiro atoms. The van der Waals surface area contributed by atoms with E-state index in [1.165, 1.54) is 6.20 Å². The summed E-state index contributed by atoms with van der Waals surface area (Å²) in [6.07, 6.45) is 0.401. The van der Waals surface area contributed by atoms with Gasteiger partial charge >= 0.3 is 6.09 Å². The second kappa shape index (κ2) is 5.93. The minimum absolute atomic E-state index is 0.289. The predicted molar refractivity (Wildman–Crippen MR) is 64.1 cm³/mol. The van der Waals surface area contributed by atoms with Crippen LogP contribution in [-0.4, -0.2) is 30.8 Å². The summed E-state index contributed by atoms with van der Waals surface area (Å²) in [5.41, 5.74) is 0.997. The number of amides is 1. The van der Waals surface area contributed by atoms with Crippen molar-refractivity contribution < 1.29 is 14.6 Å². The molecule has 0 atom stereocenters.